The molecule has 0 aromatic heterocycles. The summed E-state index contributed by atoms with van der Waals surface area (Å²) in [5.41, 5.74) is 22.0. The summed E-state index contributed by atoms with van der Waals surface area (Å²) < 4.78 is 40.5. The molecule has 7 nitrogen and oxygen atoms in total. The molecule has 2 atom stereocenters. The van der Waals surface area contributed by atoms with E-state index in [1.54, 1.807) is 57.0 Å². The van der Waals surface area contributed by atoms with Crippen LogP contribution in [0.25, 0.3) is 0 Å². The minimum Gasteiger partial charge on any atom is -0.398 e. The fourth-order valence-electron chi connectivity index (χ4n) is 4.47. The fraction of sp³-hybridized carbons (Fsp3) is 0.269. The second-order valence-corrected chi connectivity index (χ2v) is 19.7. The predicted octanol–water partition coefficient (Wildman–Crippen LogP) is 5.15. The maximum Gasteiger partial charge on any atom is 0.119 e. The third-order valence-corrected chi connectivity index (χ3v) is 12.8. The highest BCUT2D eigenvalue weighted by Gasteiger charge is 2.29. The van der Waals surface area contributed by atoms with Crippen molar-refractivity contribution in [3.63, 3.8) is 0 Å². The molecule has 0 spiro atoms. The minimum atomic E-state index is -3.17. The van der Waals surface area contributed by atoms with Crippen molar-refractivity contribution in [2.24, 2.45) is 0 Å². The van der Waals surface area contributed by atoms with E-state index in [1.165, 1.54) is 6.07 Å². The Bertz CT molecular complexity index is 1590. The molecular weight excluding hydrogens is 545 g/mol. The van der Waals surface area contributed by atoms with Gasteiger partial charge >= 0.3 is 0 Å². The van der Waals surface area contributed by atoms with Gasteiger partial charge in [0.05, 0.1) is 11.6 Å². The molecule has 0 aliphatic rings. The first-order chi connectivity index (χ1) is 17.0. The zero-order valence-corrected chi connectivity index (χ0v) is 25.0. The van der Waals surface area contributed by atoms with E-state index in [0.717, 1.165) is 5.56 Å². The average molecular weight is 577 g/mol. The molecule has 3 rings (SSSR count). The maximum absolute atomic E-state index is 14.1. The highest BCUT2D eigenvalue weighted by molar-refractivity contribution is 7.71. The van der Waals surface area contributed by atoms with Gasteiger partial charge in [-0.15, -0.1) is 0 Å². The summed E-state index contributed by atoms with van der Waals surface area (Å²) in [6, 6.07) is 13.7. The molecule has 11 heteroatoms. The van der Waals surface area contributed by atoms with E-state index in [1.807, 2.05) is 13.0 Å². The molecule has 0 saturated carbocycles. The van der Waals surface area contributed by atoms with Crippen LogP contribution in [0.1, 0.15) is 22.3 Å². The van der Waals surface area contributed by atoms with Crippen molar-refractivity contribution in [3.05, 3.63) is 69.7 Å². The highest BCUT2D eigenvalue weighted by Crippen LogP contribution is 2.51. The number of benzene rings is 3. The van der Waals surface area contributed by atoms with Crippen molar-refractivity contribution in [2.45, 2.75) is 19.2 Å². The van der Waals surface area contributed by atoms with Crippen LogP contribution in [-0.4, -0.2) is 26.7 Å². The van der Waals surface area contributed by atoms with E-state index in [4.69, 9.17) is 28.8 Å². The molecule has 0 bridgehead atoms. The zero-order valence-electron chi connectivity index (χ0n) is 21.6. The van der Waals surface area contributed by atoms with Crippen molar-refractivity contribution in [2.75, 3.05) is 43.9 Å². The summed E-state index contributed by atoms with van der Waals surface area (Å²) in [5.74, 6) is 0. The van der Waals surface area contributed by atoms with Gasteiger partial charge in [-0.1, -0.05) is 17.7 Å². The molecule has 6 N–H and O–H groups in total. The first-order valence-corrected chi connectivity index (χ1v) is 19.1. The molecule has 0 saturated heterocycles. The van der Waals surface area contributed by atoms with Crippen molar-refractivity contribution in [1.82, 2.24) is 0 Å². The lowest BCUT2D eigenvalue weighted by molar-refractivity contribution is 0.583. The number of nitrogens with two attached hydrogens (primary N) is 3. The molecule has 0 aliphatic carbocycles. The van der Waals surface area contributed by atoms with Crippen LogP contribution in [0.15, 0.2) is 42.5 Å². The highest BCUT2D eigenvalue weighted by atomic mass is 35.5. The number of hydrogen-bond acceptors (Lipinski definition) is 7. The Morgan fingerprint density at radius 3 is 1.97 bits per heavy atom. The van der Waals surface area contributed by atoms with Gasteiger partial charge in [0, 0.05) is 50.3 Å². The number of nitrogen functional groups attached to an aromatic ring is 3. The second-order valence-electron chi connectivity index (χ2n) is 10.1. The molecular formula is C26H32ClN4O3P3. The summed E-state index contributed by atoms with van der Waals surface area (Å²) in [5, 5.41) is 11.5. The van der Waals surface area contributed by atoms with Gasteiger partial charge in [0.25, 0.3) is 0 Å². The van der Waals surface area contributed by atoms with Crippen molar-refractivity contribution >= 4 is 66.0 Å². The lowest BCUT2D eigenvalue weighted by Crippen LogP contribution is -2.18. The largest absolute Gasteiger partial charge is 0.398 e. The number of halogens is 1. The molecule has 3 aromatic carbocycles. The summed E-state index contributed by atoms with van der Waals surface area (Å²) in [4.78, 5) is 0. The van der Waals surface area contributed by atoms with Crippen molar-refractivity contribution in [1.29, 1.82) is 5.26 Å². The zero-order chi connectivity index (χ0) is 27.9. The summed E-state index contributed by atoms with van der Waals surface area (Å²) in [7, 11) is -8.89. The van der Waals surface area contributed by atoms with E-state index >= 15 is 0 Å². The van der Waals surface area contributed by atoms with Gasteiger partial charge in [0.2, 0.25) is 0 Å². The lowest BCUT2D eigenvalue weighted by atomic mass is 10.1. The monoisotopic (exact) mass is 576 g/mol. The summed E-state index contributed by atoms with van der Waals surface area (Å²) in [6.07, 6.45) is 0.154. The second kappa shape index (κ2) is 10.4. The first kappa shape index (κ1) is 29.1. The molecule has 196 valence electrons. The first-order valence-electron chi connectivity index (χ1n) is 11.4. The molecule has 0 fully saturated rings. The Labute approximate surface area is 223 Å². The molecule has 0 aliphatic heterocycles. The summed E-state index contributed by atoms with van der Waals surface area (Å²) in [6.45, 7) is 8.27. The van der Waals surface area contributed by atoms with Crippen LogP contribution in [0.5, 0.6) is 0 Å². The molecule has 2 unspecified atom stereocenters. The smallest absolute Gasteiger partial charge is 0.119 e. The van der Waals surface area contributed by atoms with E-state index < -0.39 is 21.4 Å². The Morgan fingerprint density at radius 1 is 0.784 bits per heavy atom. The molecule has 0 heterocycles. The summed E-state index contributed by atoms with van der Waals surface area (Å²) >= 11 is 6.13. The van der Waals surface area contributed by atoms with Crippen molar-refractivity contribution < 1.29 is 13.7 Å². The van der Waals surface area contributed by atoms with Crippen LogP contribution in [0, 0.1) is 18.3 Å². The number of rotatable bonds is 7. The van der Waals surface area contributed by atoms with Crippen LogP contribution in [0.4, 0.5) is 17.1 Å². The van der Waals surface area contributed by atoms with Crippen LogP contribution in [0.2, 0.25) is 5.02 Å². The quantitative estimate of drug-likeness (QED) is 0.260. The minimum absolute atomic E-state index is 0.0379. The van der Waals surface area contributed by atoms with E-state index in [2.05, 4.69) is 6.07 Å². The van der Waals surface area contributed by atoms with E-state index in [-0.39, 0.29) is 17.9 Å². The van der Waals surface area contributed by atoms with Gasteiger partial charge in [-0.25, -0.2) is 0 Å². The van der Waals surface area contributed by atoms with Crippen molar-refractivity contribution in [3.8, 4) is 6.07 Å². The number of nitriles is 1. The average Bonchev–Trinajstić information content (AvgIpc) is 2.76. The van der Waals surface area contributed by atoms with Gasteiger partial charge in [0.15, 0.2) is 0 Å². The standard InChI is InChI=1S/C26H32ClN4O3P3/c1-16-8-19(15-36(4,33)24-12-20(27)6-7-21(24)29)26(31)25(9-16)37(5,34)14-18-10-22(30)23(35(2,3)32)11-17(18)13-28/h6-12H,14-15,29-31H2,1-5H3. The van der Waals surface area contributed by atoms with Crippen LogP contribution < -0.4 is 33.1 Å². The number of aryl methyl sites for hydroxylation is 1. The Kier molecular flexibility index (Phi) is 8.14. The van der Waals surface area contributed by atoms with Gasteiger partial charge in [-0.3, -0.25) is 0 Å². The van der Waals surface area contributed by atoms with E-state index in [9.17, 15) is 19.0 Å². The molecule has 3 aromatic rings. The van der Waals surface area contributed by atoms with E-state index in [0.29, 0.717) is 49.1 Å². The van der Waals surface area contributed by atoms with Crippen LogP contribution in [-0.2, 0) is 26.0 Å². The van der Waals surface area contributed by atoms with Gasteiger partial charge in [-0.2, -0.15) is 5.26 Å². The van der Waals surface area contributed by atoms with Gasteiger partial charge in [-0.05, 0) is 86.7 Å². The third-order valence-electron chi connectivity index (χ3n) is 6.30. The lowest BCUT2D eigenvalue weighted by Gasteiger charge is -2.22. The number of nitrogens with zero attached hydrogens (tertiary/aromatic N) is 1. The normalized spacial score (nSPS) is 14.9. The van der Waals surface area contributed by atoms with Gasteiger partial charge < -0.3 is 30.9 Å². The number of hydrogen-bond donors (Lipinski definition) is 3. The molecule has 0 amide bonds. The molecule has 0 radical (unpaired) electrons. The SMILES string of the molecule is Cc1cc(CP(C)(=O)c2cc(Cl)ccc2N)c(N)c(P(C)(=O)Cc2cc(N)c(P(C)(C)=O)cc2C#N)c1. The predicted molar refractivity (Wildman–Crippen MR) is 160 cm³/mol. The van der Waals surface area contributed by atoms with Crippen LogP contribution >= 0.6 is 33.0 Å². The van der Waals surface area contributed by atoms with Crippen LogP contribution in [0.3, 0.4) is 0 Å². The third kappa shape index (κ3) is 6.34. The Morgan fingerprint density at radius 2 is 1.38 bits per heavy atom. The Balaban J connectivity index is 2.06. The topological polar surface area (TPSA) is 153 Å². The van der Waals surface area contributed by atoms with Gasteiger partial charge in [0.1, 0.15) is 21.4 Å². The Hall–Kier alpha value is -2.47. The number of anilines is 3. The molecule has 37 heavy (non-hydrogen) atoms. The maximum atomic E-state index is 14.1. The fourth-order valence-corrected chi connectivity index (χ4v) is 10.2.